The van der Waals surface area contributed by atoms with E-state index in [-0.39, 0.29) is 35.8 Å². The lowest BCUT2D eigenvalue weighted by Gasteiger charge is -2.33. The molecule has 0 bridgehead atoms. The van der Waals surface area contributed by atoms with Crippen molar-refractivity contribution in [2.45, 2.75) is 44.5 Å². The fourth-order valence-electron chi connectivity index (χ4n) is 4.11. The summed E-state index contributed by atoms with van der Waals surface area (Å²) in [6.45, 7) is 5.59. The third-order valence-corrected chi connectivity index (χ3v) is 7.62. The van der Waals surface area contributed by atoms with E-state index in [1.807, 2.05) is 0 Å². The SMILES string of the molecule is COc1cccc(-c2nnc(NS(=O)(=O)[C@@H]3CCCN(C(=O)OC(C)(C)C)C3)n2-c2c(OC)ncnc2OC)n1. The van der Waals surface area contributed by atoms with Gasteiger partial charge in [0, 0.05) is 19.2 Å². The number of rotatable bonds is 8. The van der Waals surface area contributed by atoms with Crippen molar-refractivity contribution in [3.63, 3.8) is 0 Å². The number of anilines is 1. The molecule has 1 amide bonds. The van der Waals surface area contributed by atoms with Crippen LogP contribution in [0.4, 0.5) is 10.7 Å². The second-order valence-corrected chi connectivity index (χ2v) is 11.8. The Balaban J connectivity index is 1.76. The minimum absolute atomic E-state index is 0.0518. The van der Waals surface area contributed by atoms with Crippen molar-refractivity contribution in [2.24, 2.45) is 0 Å². The average molecular weight is 577 g/mol. The highest BCUT2D eigenvalue weighted by Crippen LogP contribution is 2.35. The number of hydrogen-bond donors (Lipinski definition) is 1. The maximum atomic E-state index is 13.6. The molecule has 15 nitrogen and oxygen atoms in total. The zero-order chi connectivity index (χ0) is 29.1. The molecule has 16 heteroatoms. The number of likely N-dealkylation sites (tertiary alicyclic amines) is 1. The van der Waals surface area contributed by atoms with Gasteiger partial charge in [-0.2, -0.15) is 9.97 Å². The summed E-state index contributed by atoms with van der Waals surface area (Å²) in [7, 11) is 0.180. The van der Waals surface area contributed by atoms with Crippen LogP contribution in [0.2, 0.25) is 0 Å². The summed E-state index contributed by atoms with van der Waals surface area (Å²) >= 11 is 0. The third-order valence-electron chi connectivity index (χ3n) is 5.89. The summed E-state index contributed by atoms with van der Waals surface area (Å²) in [6, 6.07) is 5.01. The number of pyridine rings is 1. The van der Waals surface area contributed by atoms with Gasteiger partial charge in [0.1, 0.15) is 17.6 Å². The highest BCUT2D eigenvalue weighted by molar-refractivity contribution is 7.93. The Hall–Kier alpha value is -4.21. The lowest BCUT2D eigenvalue weighted by molar-refractivity contribution is 0.0219. The summed E-state index contributed by atoms with van der Waals surface area (Å²) in [5.74, 6) is 0.416. The van der Waals surface area contributed by atoms with Crippen molar-refractivity contribution in [2.75, 3.05) is 39.1 Å². The molecular weight excluding hydrogens is 544 g/mol. The van der Waals surface area contributed by atoms with Gasteiger partial charge in [0.05, 0.1) is 26.6 Å². The topological polar surface area (TPSA) is 173 Å². The van der Waals surface area contributed by atoms with Gasteiger partial charge >= 0.3 is 6.09 Å². The number of amides is 1. The third kappa shape index (κ3) is 6.16. The van der Waals surface area contributed by atoms with E-state index in [1.165, 1.54) is 37.1 Å². The molecule has 0 aliphatic carbocycles. The van der Waals surface area contributed by atoms with Crippen LogP contribution in [0.25, 0.3) is 17.2 Å². The number of nitrogens with one attached hydrogen (secondary N) is 1. The molecule has 4 heterocycles. The Morgan fingerprint density at radius 1 is 1.05 bits per heavy atom. The number of carbonyl (C=O) groups is 1. The summed E-state index contributed by atoms with van der Waals surface area (Å²) in [5, 5.41) is 7.41. The van der Waals surface area contributed by atoms with Crippen LogP contribution in [0.5, 0.6) is 17.6 Å². The van der Waals surface area contributed by atoms with Crippen LogP contribution in [-0.4, -0.2) is 94.4 Å². The van der Waals surface area contributed by atoms with Gasteiger partial charge in [0.15, 0.2) is 11.5 Å². The van der Waals surface area contributed by atoms with Crippen LogP contribution in [0.3, 0.4) is 0 Å². The van der Waals surface area contributed by atoms with E-state index in [9.17, 15) is 13.2 Å². The van der Waals surface area contributed by atoms with Gasteiger partial charge in [-0.15, -0.1) is 10.2 Å². The van der Waals surface area contributed by atoms with Crippen LogP contribution >= 0.6 is 0 Å². The van der Waals surface area contributed by atoms with Crippen molar-refractivity contribution in [3.8, 4) is 34.8 Å². The van der Waals surface area contributed by atoms with Crippen LogP contribution in [-0.2, 0) is 14.8 Å². The molecule has 216 valence electrons. The van der Waals surface area contributed by atoms with E-state index in [2.05, 4.69) is 29.9 Å². The first-order valence-electron chi connectivity index (χ1n) is 12.4. The number of methoxy groups -OCH3 is 3. The molecule has 1 N–H and O–H groups in total. The molecule has 0 radical (unpaired) electrons. The number of nitrogens with zero attached hydrogens (tertiary/aromatic N) is 7. The molecule has 4 rings (SSSR count). The number of carbonyl (C=O) groups excluding carboxylic acids is 1. The molecule has 40 heavy (non-hydrogen) atoms. The molecular formula is C24H32N8O7S. The summed E-state index contributed by atoms with van der Waals surface area (Å²) in [5.41, 5.74) is -0.245. The van der Waals surface area contributed by atoms with Gasteiger partial charge in [-0.05, 0) is 39.7 Å². The molecule has 1 fully saturated rings. The zero-order valence-corrected chi connectivity index (χ0v) is 23.9. The molecule has 0 aromatic carbocycles. The van der Waals surface area contributed by atoms with Gasteiger partial charge in [0.25, 0.3) is 0 Å². The van der Waals surface area contributed by atoms with Crippen molar-refractivity contribution < 1.29 is 32.2 Å². The Morgan fingerprint density at radius 3 is 2.38 bits per heavy atom. The summed E-state index contributed by atoms with van der Waals surface area (Å²) in [6.07, 6.45) is 1.48. The number of hydrogen-bond acceptors (Lipinski definition) is 12. The van der Waals surface area contributed by atoms with Crippen LogP contribution in [0.15, 0.2) is 24.5 Å². The first-order valence-corrected chi connectivity index (χ1v) is 13.9. The second-order valence-electron chi connectivity index (χ2n) is 9.83. The Bertz CT molecular complexity index is 1450. The molecule has 1 aliphatic rings. The monoisotopic (exact) mass is 576 g/mol. The molecule has 0 spiro atoms. The Labute approximate surface area is 231 Å². The molecule has 3 aromatic heterocycles. The van der Waals surface area contributed by atoms with E-state index in [4.69, 9.17) is 18.9 Å². The van der Waals surface area contributed by atoms with Gasteiger partial charge in [-0.3, -0.25) is 4.72 Å². The molecule has 1 atom stereocenters. The van der Waals surface area contributed by atoms with Crippen molar-refractivity contribution in [1.29, 1.82) is 0 Å². The van der Waals surface area contributed by atoms with Crippen LogP contribution in [0.1, 0.15) is 33.6 Å². The van der Waals surface area contributed by atoms with Crippen LogP contribution in [0, 0.1) is 0 Å². The van der Waals surface area contributed by atoms with Gasteiger partial charge in [0.2, 0.25) is 33.6 Å². The minimum atomic E-state index is -4.09. The van der Waals surface area contributed by atoms with E-state index < -0.39 is 27.0 Å². The standard InChI is InChI=1S/C24H32N8O7S/c1-24(2,3)39-23(33)31-12-8-9-15(13-31)40(34,35)30-22-29-28-19(16-10-7-11-17(27-16)36-4)32(22)18-20(37-5)25-14-26-21(18)38-6/h7,10-11,14-15H,8-9,12-13H2,1-6H3,(H,29,30)/t15-/m1/s1. The molecule has 1 saturated heterocycles. The molecule has 0 unspecified atom stereocenters. The normalized spacial score (nSPS) is 15.8. The van der Waals surface area contributed by atoms with E-state index >= 15 is 0 Å². The fraction of sp³-hybridized carbons (Fsp3) is 0.500. The minimum Gasteiger partial charge on any atom is -0.481 e. The average Bonchev–Trinajstić information content (AvgIpc) is 3.33. The lowest BCUT2D eigenvalue weighted by atomic mass is 10.1. The van der Waals surface area contributed by atoms with Crippen LogP contribution < -0.4 is 18.9 Å². The summed E-state index contributed by atoms with van der Waals surface area (Å²) in [4.78, 5) is 26.7. The molecule has 3 aromatic rings. The highest BCUT2D eigenvalue weighted by atomic mass is 32.2. The Morgan fingerprint density at radius 2 is 1.75 bits per heavy atom. The molecule has 1 aliphatic heterocycles. The quantitative estimate of drug-likeness (QED) is 0.415. The van der Waals surface area contributed by atoms with Crippen molar-refractivity contribution >= 4 is 22.1 Å². The van der Waals surface area contributed by atoms with E-state index in [0.717, 1.165) is 0 Å². The number of aromatic nitrogens is 6. The smallest absolute Gasteiger partial charge is 0.410 e. The maximum Gasteiger partial charge on any atom is 0.410 e. The maximum absolute atomic E-state index is 13.6. The fourth-order valence-corrected chi connectivity index (χ4v) is 5.52. The predicted molar refractivity (Wildman–Crippen MR) is 143 cm³/mol. The first kappa shape index (κ1) is 28.8. The summed E-state index contributed by atoms with van der Waals surface area (Å²) < 4.78 is 52.8. The largest absolute Gasteiger partial charge is 0.481 e. The number of ether oxygens (including phenoxy) is 4. The highest BCUT2D eigenvalue weighted by Gasteiger charge is 2.36. The number of sulfonamides is 1. The first-order chi connectivity index (χ1) is 19.0. The predicted octanol–water partition coefficient (Wildman–Crippen LogP) is 2.29. The Kier molecular flexibility index (Phi) is 8.27. The molecule has 0 saturated carbocycles. The zero-order valence-electron chi connectivity index (χ0n) is 23.1. The van der Waals surface area contributed by atoms with E-state index in [1.54, 1.807) is 39.0 Å². The second kappa shape index (κ2) is 11.5. The number of piperidine rings is 1. The van der Waals surface area contributed by atoms with Gasteiger partial charge in [-0.25, -0.2) is 22.8 Å². The van der Waals surface area contributed by atoms with Crippen molar-refractivity contribution in [3.05, 3.63) is 24.5 Å². The van der Waals surface area contributed by atoms with Gasteiger partial charge < -0.3 is 23.8 Å². The lowest BCUT2D eigenvalue weighted by Crippen LogP contribution is -2.48. The van der Waals surface area contributed by atoms with E-state index in [0.29, 0.717) is 31.0 Å². The van der Waals surface area contributed by atoms with Gasteiger partial charge in [-0.1, -0.05) is 6.07 Å². The van der Waals surface area contributed by atoms with Crippen molar-refractivity contribution in [1.82, 2.24) is 34.6 Å².